The van der Waals surface area contributed by atoms with Crippen molar-refractivity contribution in [1.29, 1.82) is 0 Å². The predicted octanol–water partition coefficient (Wildman–Crippen LogP) is 2.08. The van der Waals surface area contributed by atoms with Gasteiger partial charge in [-0.3, -0.25) is 0 Å². The molecule has 4 heteroatoms. The van der Waals surface area contributed by atoms with Gasteiger partial charge in [-0.1, -0.05) is 19.9 Å². The lowest BCUT2D eigenvalue weighted by atomic mass is 10.1. The fraction of sp³-hybridized carbons (Fsp3) is 0.462. The maximum Gasteiger partial charge on any atom is 0.218 e. The van der Waals surface area contributed by atoms with E-state index in [0.29, 0.717) is 29.9 Å². The third-order valence-electron chi connectivity index (χ3n) is 2.96. The van der Waals surface area contributed by atoms with Gasteiger partial charge >= 0.3 is 0 Å². The van der Waals surface area contributed by atoms with E-state index in [1.54, 1.807) is 7.11 Å². The first kappa shape index (κ1) is 11.8. The number of nitrogens with zero attached hydrogens (tertiary/aromatic N) is 1. The Balaban J connectivity index is 2.33. The van der Waals surface area contributed by atoms with E-state index in [2.05, 4.69) is 18.8 Å². The van der Waals surface area contributed by atoms with Crippen LogP contribution in [0.1, 0.15) is 19.4 Å². The lowest BCUT2D eigenvalue weighted by Crippen LogP contribution is -2.13. The molecule has 4 nitrogen and oxygen atoms in total. The summed E-state index contributed by atoms with van der Waals surface area (Å²) in [6.07, 6.45) is 0. The van der Waals surface area contributed by atoms with E-state index in [0.717, 1.165) is 5.56 Å². The van der Waals surface area contributed by atoms with Gasteiger partial charge in [0.25, 0.3) is 0 Å². The molecule has 0 amide bonds. The summed E-state index contributed by atoms with van der Waals surface area (Å²) in [7, 11) is 1.60. The summed E-state index contributed by atoms with van der Waals surface area (Å²) in [6.45, 7) is 4.90. The summed E-state index contributed by atoms with van der Waals surface area (Å²) in [6, 6.07) is 5.84. The van der Waals surface area contributed by atoms with Crippen LogP contribution in [0.2, 0.25) is 0 Å². The molecule has 1 aromatic carbocycles. The summed E-state index contributed by atoms with van der Waals surface area (Å²) in [4.78, 5) is 4.55. The zero-order chi connectivity index (χ0) is 12.4. The van der Waals surface area contributed by atoms with Crippen molar-refractivity contribution in [2.75, 3.05) is 19.5 Å². The molecule has 0 aromatic heterocycles. The van der Waals surface area contributed by atoms with Crippen molar-refractivity contribution in [2.45, 2.75) is 19.9 Å². The molecule has 0 saturated heterocycles. The SMILES string of the molecule is COc1cccc(C2=N[C@H](C(C)C)CO2)c1N. The molecule has 1 atom stereocenters. The fourth-order valence-corrected chi connectivity index (χ4v) is 1.79. The average molecular weight is 234 g/mol. The zero-order valence-electron chi connectivity index (χ0n) is 10.4. The van der Waals surface area contributed by atoms with Gasteiger partial charge in [0.2, 0.25) is 5.90 Å². The molecule has 1 aliphatic rings. The maximum absolute atomic E-state index is 6.01. The van der Waals surface area contributed by atoms with E-state index >= 15 is 0 Å². The monoisotopic (exact) mass is 234 g/mol. The Kier molecular flexibility index (Phi) is 3.22. The van der Waals surface area contributed by atoms with Crippen LogP contribution in [-0.2, 0) is 4.74 Å². The Morgan fingerprint density at radius 3 is 2.82 bits per heavy atom. The number of methoxy groups -OCH3 is 1. The molecule has 0 bridgehead atoms. The Morgan fingerprint density at radius 1 is 1.47 bits per heavy atom. The largest absolute Gasteiger partial charge is 0.495 e. The van der Waals surface area contributed by atoms with Crippen LogP contribution < -0.4 is 10.5 Å². The van der Waals surface area contributed by atoms with Crippen LogP contribution >= 0.6 is 0 Å². The molecule has 92 valence electrons. The molecule has 0 aliphatic carbocycles. The topological polar surface area (TPSA) is 56.8 Å². The molecule has 17 heavy (non-hydrogen) atoms. The van der Waals surface area contributed by atoms with E-state index in [4.69, 9.17) is 15.2 Å². The van der Waals surface area contributed by atoms with Gasteiger partial charge in [0.05, 0.1) is 24.4 Å². The second kappa shape index (κ2) is 4.65. The highest BCUT2D eigenvalue weighted by Gasteiger charge is 2.24. The quantitative estimate of drug-likeness (QED) is 0.815. The smallest absolute Gasteiger partial charge is 0.218 e. The van der Waals surface area contributed by atoms with Gasteiger partial charge in [0, 0.05) is 0 Å². The van der Waals surface area contributed by atoms with E-state index in [-0.39, 0.29) is 6.04 Å². The number of aliphatic imine (C=N–C) groups is 1. The summed E-state index contributed by atoms with van der Waals surface area (Å²) < 4.78 is 10.8. The van der Waals surface area contributed by atoms with E-state index < -0.39 is 0 Å². The number of anilines is 1. The number of nitrogen functional groups attached to an aromatic ring is 1. The first-order valence-corrected chi connectivity index (χ1v) is 5.77. The number of para-hydroxylation sites is 1. The summed E-state index contributed by atoms with van der Waals surface area (Å²) >= 11 is 0. The molecule has 0 spiro atoms. The van der Waals surface area contributed by atoms with Crippen molar-refractivity contribution in [1.82, 2.24) is 0 Å². The van der Waals surface area contributed by atoms with Gasteiger partial charge in [0.15, 0.2) is 0 Å². The fourth-order valence-electron chi connectivity index (χ4n) is 1.79. The molecule has 0 unspecified atom stereocenters. The molecule has 1 heterocycles. The van der Waals surface area contributed by atoms with E-state index in [1.165, 1.54) is 0 Å². The molecular weight excluding hydrogens is 216 g/mol. The molecule has 0 saturated carbocycles. The van der Waals surface area contributed by atoms with Crippen molar-refractivity contribution in [3.8, 4) is 5.75 Å². The van der Waals surface area contributed by atoms with Gasteiger partial charge in [0.1, 0.15) is 12.4 Å². The molecule has 2 N–H and O–H groups in total. The van der Waals surface area contributed by atoms with Crippen LogP contribution in [0.3, 0.4) is 0 Å². The normalized spacial score (nSPS) is 19.1. The van der Waals surface area contributed by atoms with Crippen molar-refractivity contribution >= 4 is 11.6 Å². The third kappa shape index (κ3) is 2.20. The molecule has 0 fully saturated rings. The van der Waals surface area contributed by atoms with Crippen LogP contribution in [0.15, 0.2) is 23.2 Å². The third-order valence-corrected chi connectivity index (χ3v) is 2.96. The van der Waals surface area contributed by atoms with Crippen molar-refractivity contribution in [2.24, 2.45) is 10.9 Å². The highest BCUT2D eigenvalue weighted by atomic mass is 16.5. The summed E-state index contributed by atoms with van der Waals surface area (Å²) in [5.74, 6) is 1.75. The van der Waals surface area contributed by atoms with Crippen LogP contribution in [0.5, 0.6) is 5.75 Å². The number of hydrogen-bond donors (Lipinski definition) is 1. The minimum absolute atomic E-state index is 0.218. The highest BCUT2D eigenvalue weighted by Crippen LogP contribution is 2.28. The van der Waals surface area contributed by atoms with E-state index in [1.807, 2.05) is 18.2 Å². The van der Waals surface area contributed by atoms with E-state index in [9.17, 15) is 0 Å². The Bertz CT molecular complexity index is 441. The predicted molar refractivity (Wildman–Crippen MR) is 68.5 cm³/mol. The lowest BCUT2D eigenvalue weighted by molar-refractivity contribution is 0.292. The van der Waals surface area contributed by atoms with Gasteiger partial charge in [-0.2, -0.15) is 0 Å². The number of benzene rings is 1. The number of rotatable bonds is 3. The molecular formula is C13H18N2O2. The van der Waals surface area contributed by atoms with Crippen LogP contribution in [0.25, 0.3) is 0 Å². The minimum atomic E-state index is 0.218. The minimum Gasteiger partial charge on any atom is -0.495 e. The average Bonchev–Trinajstić information content (AvgIpc) is 2.78. The van der Waals surface area contributed by atoms with Crippen LogP contribution in [0.4, 0.5) is 5.69 Å². The Hall–Kier alpha value is -1.71. The van der Waals surface area contributed by atoms with Crippen LogP contribution in [-0.4, -0.2) is 25.7 Å². The Labute approximate surface area is 101 Å². The standard InChI is InChI=1S/C13H18N2O2/c1-8(2)10-7-17-13(15-10)9-5-4-6-11(16-3)12(9)14/h4-6,8,10H,7,14H2,1-3H3/t10-/m0/s1. The van der Waals surface area contributed by atoms with Crippen molar-refractivity contribution in [3.63, 3.8) is 0 Å². The zero-order valence-corrected chi connectivity index (χ0v) is 10.4. The van der Waals surface area contributed by atoms with Crippen LogP contribution in [0, 0.1) is 5.92 Å². The molecule has 1 aliphatic heterocycles. The Morgan fingerprint density at radius 2 is 2.24 bits per heavy atom. The van der Waals surface area contributed by atoms with Gasteiger partial charge in [-0.15, -0.1) is 0 Å². The summed E-state index contributed by atoms with van der Waals surface area (Å²) in [5, 5.41) is 0. The highest BCUT2D eigenvalue weighted by molar-refractivity contribution is 6.01. The lowest BCUT2D eigenvalue weighted by Gasteiger charge is -2.09. The second-order valence-corrected chi connectivity index (χ2v) is 4.48. The van der Waals surface area contributed by atoms with Crippen molar-refractivity contribution in [3.05, 3.63) is 23.8 Å². The summed E-state index contributed by atoms with van der Waals surface area (Å²) in [5.41, 5.74) is 7.40. The van der Waals surface area contributed by atoms with Crippen molar-refractivity contribution < 1.29 is 9.47 Å². The number of hydrogen-bond acceptors (Lipinski definition) is 4. The second-order valence-electron chi connectivity index (χ2n) is 4.48. The number of ether oxygens (including phenoxy) is 2. The van der Waals surface area contributed by atoms with Gasteiger partial charge in [-0.25, -0.2) is 4.99 Å². The molecule has 1 aromatic rings. The number of nitrogens with two attached hydrogens (primary N) is 1. The van der Waals surface area contributed by atoms with Gasteiger partial charge < -0.3 is 15.2 Å². The van der Waals surface area contributed by atoms with Gasteiger partial charge in [-0.05, 0) is 18.1 Å². The molecule has 0 radical (unpaired) electrons. The first-order chi connectivity index (χ1) is 8.13. The molecule has 2 rings (SSSR count). The first-order valence-electron chi connectivity index (χ1n) is 5.77. The maximum atomic E-state index is 6.01.